The van der Waals surface area contributed by atoms with E-state index in [2.05, 4.69) is 111 Å². The quantitative estimate of drug-likeness (QED) is 0.255. The lowest BCUT2D eigenvalue weighted by Gasteiger charge is -2.18. The molecule has 0 nitrogen and oxygen atoms in total. The van der Waals surface area contributed by atoms with Gasteiger partial charge in [0.1, 0.15) is 0 Å². The van der Waals surface area contributed by atoms with Crippen LogP contribution in [0, 0.1) is 13.8 Å². The summed E-state index contributed by atoms with van der Waals surface area (Å²) in [6.07, 6.45) is 2.05. The molecule has 0 heteroatoms. The Morgan fingerprint density at radius 1 is 0.412 bits per heavy atom. The van der Waals surface area contributed by atoms with E-state index >= 15 is 0 Å². The molecule has 7 rings (SSSR count). The average Bonchev–Trinajstić information content (AvgIpc) is 3.43. The summed E-state index contributed by atoms with van der Waals surface area (Å²) >= 11 is 0. The number of aryl methyl sites for hydroxylation is 2. The largest absolute Gasteiger partial charge is 0.0619 e. The summed E-state index contributed by atoms with van der Waals surface area (Å²) in [7, 11) is 0. The van der Waals surface area contributed by atoms with Crippen LogP contribution in [0.5, 0.6) is 0 Å². The standard InChI is InChI=1S/C34H26/c1-21-18-32(30-16-7-11-25-19-23-9-4-6-13-27(23)34(25)30)22(2)17-31(21)29-15-8-14-28-26-12-5-3-10-24(26)20-33(28)29/h3-18H,19-20H2,1-2H3. The predicted molar refractivity (Wildman–Crippen MR) is 143 cm³/mol. The van der Waals surface area contributed by atoms with Crippen molar-refractivity contribution in [3.63, 3.8) is 0 Å². The van der Waals surface area contributed by atoms with Gasteiger partial charge < -0.3 is 0 Å². The van der Waals surface area contributed by atoms with Crippen molar-refractivity contribution < 1.29 is 0 Å². The molecule has 0 saturated carbocycles. The Morgan fingerprint density at radius 2 is 0.912 bits per heavy atom. The maximum absolute atomic E-state index is 2.42. The first-order valence-electron chi connectivity index (χ1n) is 12.2. The minimum atomic E-state index is 1.02. The topological polar surface area (TPSA) is 0 Å². The molecule has 0 bridgehead atoms. The molecule has 0 saturated heterocycles. The highest BCUT2D eigenvalue weighted by Crippen LogP contribution is 2.46. The van der Waals surface area contributed by atoms with Gasteiger partial charge in [-0.05, 0) is 105 Å². The van der Waals surface area contributed by atoms with Gasteiger partial charge >= 0.3 is 0 Å². The first kappa shape index (κ1) is 19.6. The van der Waals surface area contributed by atoms with Gasteiger partial charge in [0.05, 0.1) is 0 Å². The van der Waals surface area contributed by atoms with E-state index in [1.807, 2.05) is 0 Å². The van der Waals surface area contributed by atoms with Crippen LogP contribution in [0.2, 0.25) is 0 Å². The van der Waals surface area contributed by atoms with Crippen LogP contribution >= 0.6 is 0 Å². The lowest BCUT2D eigenvalue weighted by Crippen LogP contribution is -1.95. The van der Waals surface area contributed by atoms with Crippen LogP contribution in [0.4, 0.5) is 0 Å². The van der Waals surface area contributed by atoms with E-state index in [9.17, 15) is 0 Å². The monoisotopic (exact) mass is 434 g/mol. The van der Waals surface area contributed by atoms with Crippen LogP contribution in [-0.4, -0.2) is 0 Å². The van der Waals surface area contributed by atoms with Crippen LogP contribution in [0.1, 0.15) is 33.4 Å². The first-order chi connectivity index (χ1) is 16.7. The molecular weight excluding hydrogens is 408 g/mol. The van der Waals surface area contributed by atoms with Gasteiger partial charge in [0, 0.05) is 0 Å². The first-order valence-corrected chi connectivity index (χ1v) is 12.2. The van der Waals surface area contributed by atoms with Crippen molar-refractivity contribution >= 4 is 0 Å². The molecule has 5 aromatic rings. The Morgan fingerprint density at radius 3 is 1.68 bits per heavy atom. The summed E-state index contributed by atoms with van der Waals surface area (Å²) < 4.78 is 0. The zero-order valence-electron chi connectivity index (χ0n) is 19.7. The molecule has 0 amide bonds. The molecule has 2 aliphatic rings. The highest BCUT2D eigenvalue weighted by atomic mass is 14.3. The lowest BCUT2D eigenvalue weighted by molar-refractivity contribution is 1.26. The van der Waals surface area contributed by atoms with E-state index in [-0.39, 0.29) is 0 Å². The van der Waals surface area contributed by atoms with Crippen LogP contribution in [0.25, 0.3) is 44.5 Å². The highest BCUT2D eigenvalue weighted by Gasteiger charge is 2.24. The molecule has 0 fully saturated rings. The molecular formula is C34H26. The zero-order chi connectivity index (χ0) is 22.8. The van der Waals surface area contributed by atoms with Gasteiger partial charge in [-0.3, -0.25) is 0 Å². The van der Waals surface area contributed by atoms with Gasteiger partial charge in [0.15, 0.2) is 0 Å². The van der Waals surface area contributed by atoms with Gasteiger partial charge in [-0.15, -0.1) is 0 Å². The fraction of sp³-hybridized carbons (Fsp3) is 0.118. The van der Waals surface area contributed by atoms with Crippen LogP contribution in [0.3, 0.4) is 0 Å². The van der Waals surface area contributed by atoms with Gasteiger partial charge in [0.2, 0.25) is 0 Å². The zero-order valence-corrected chi connectivity index (χ0v) is 19.7. The van der Waals surface area contributed by atoms with E-state index in [0.717, 1.165) is 12.8 Å². The van der Waals surface area contributed by atoms with E-state index < -0.39 is 0 Å². The normalized spacial score (nSPS) is 12.8. The Hall–Kier alpha value is -3.90. The van der Waals surface area contributed by atoms with Gasteiger partial charge in [0.25, 0.3) is 0 Å². The summed E-state index contributed by atoms with van der Waals surface area (Å²) in [5.41, 5.74) is 19.5. The van der Waals surface area contributed by atoms with Crippen LogP contribution in [-0.2, 0) is 12.8 Å². The minimum absolute atomic E-state index is 1.02. The summed E-state index contributed by atoms with van der Waals surface area (Å²) in [6, 6.07) is 36.2. The van der Waals surface area contributed by atoms with Gasteiger partial charge in [-0.25, -0.2) is 0 Å². The van der Waals surface area contributed by atoms with Crippen LogP contribution in [0.15, 0.2) is 97.1 Å². The molecule has 0 aliphatic heterocycles. The Bertz CT molecular complexity index is 1620. The maximum atomic E-state index is 2.42. The summed E-state index contributed by atoms with van der Waals surface area (Å²) in [5.74, 6) is 0. The predicted octanol–water partition coefficient (Wildman–Crippen LogP) is 8.78. The van der Waals surface area contributed by atoms with E-state index in [1.165, 1.54) is 77.9 Å². The average molecular weight is 435 g/mol. The third kappa shape index (κ3) is 2.78. The Kier molecular flexibility index (Phi) is 4.20. The van der Waals surface area contributed by atoms with Crippen molar-refractivity contribution in [1.29, 1.82) is 0 Å². The Balaban J connectivity index is 1.38. The van der Waals surface area contributed by atoms with E-state index in [0.29, 0.717) is 0 Å². The van der Waals surface area contributed by atoms with Gasteiger partial charge in [-0.2, -0.15) is 0 Å². The van der Waals surface area contributed by atoms with Crippen molar-refractivity contribution in [2.45, 2.75) is 26.7 Å². The number of fused-ring (bicyclic) bond motifs is 6. The fourth-order valence-corrected chi connectivity index (χ4v) is 6.22. The third-order valence-corrected chi connectivity index (χ3v) is 7.82. The second-order valence-corrected chi connectivity index (χ2v) is 9.82. The SMILES string of the molecule is Cc1cc(-c2cccc3c2-c2ccccc2C3)c(C)cc1-c1cccc2c1Cc1ccccc1-2. The summed E-state index contributed by atoms with van der Waals surface area (Å²) in [5, 5.41) is 0. The summed E-state index contributed by atoms with van der Waals surface area (Å²) in [4.78, 5) is 0. The maximum Gasteiger partial charge on any atom is -0.000728 e. The van der Waals surface area contributed by atoms with Crippen molar-refractivity contribution in [3.05, 3.63) is 130 Å². The Labute approximate surface area is 201 Å². The van der Waals surface area contributed by atoms with Crippen molar-refractivity contribution in [2.24, 2.45) is 0 Å². The molecule has 0 heterocycles. The molecule has 0 aromatic heterocycles. The van der Waals surface area contributed by atoms with Crippen molar-refractivity contribution in [1.82, 2.24) is 0 Å². The van der Waals surface area contributed by atoms with Crippen LogP contribution < -0.4 is 0 Å². The smallest absolute Gasteiger partial charge is 0.000728 e. The molecule has 0 atom stereocenters. The highest BCUT2D eigenvalue weighted by molar-refractivity contribution is 5.93. The fourth-order valence-electron chi connectivity index (χ4n) is 6.22. The second kappa shape index (κ2) is 7.30. The number of rotatable bonds is 2. The molecule has 2 aliphatic carbocycles. The lowest BCUT2D eigenvalue weighted by atomic mass is 9.86. The molecule has 34 heavy (non-hydrogen) atoms. The molecule has 5 aromatic carbocycles. The molecule has 0 radical (unpaired) electrons. The molecule has 0 N–H and O–H groups in total. The molecule has 0 spiro atoms. The third-order valence-electron chi connectivity index (χ3n) is 7.82. The van der Waals surface area contributed by atoms with Crippen molar-refractivity contribution in [2.75, 3.05) is 0 Å². The minimum Gasteiger partial charge on any atom is -0.0619 e. The van der Waals surface area contributed by atoms with Gasteiger partial charge in [-0.1, -0.05) is 97.1 Å². The summed E-state index contributed by atoms with van der Waals surface area (Å²) in [6.45, 7) is 4.55. The second-order valence-electron chi connectivity index (χ2n) is 9.82. The van der Waals surface area contributed by atoms with Crippen molar-refractivity contribution in [3.8, 4) is 44.5 Å². The molecule has 162 valence electrons. The molecule has 0 unspecified atom stereocenters. The number of benzene rings is 5. The van der Waals surface area contributed by atoms with E-state index in [1.54, 1.807) is 0 Å². The number of hydrogen-bond donors (Lipinski definition) is 0. The van der Waals surface area contributed by atoms with E-state index in [4.69, 9.17) is 0 Å². The number of hydrogen-bond acceptors (Lipinski definition) is 0.